The number of nitrogens with zero attached hydrogens (tertiary/aromatic N) is 1. The van der Waals surface area contributed by atoms with Gasteiger partial charge in [-0.1, -0.05) is 0 Å². The molecule has 0 atom stereocenters. The first-order chi connectivity index (χ1) is 7.73. The fourth-order valence-electron chi connectivity index (χ4n) is 5.02. The molecule has 4 aliphatic carbocycles. The number of rotatable bonds is 1. The van der Waals surface area contributed by atoms with Crippen LogP contribution in [0.25, 0.3) is 0 Å². The van der Waals surface area contributed by atoms with Crippen molar-refractivity contribution >= 4 is 11.3 Å². The highest BCUT2D eigenvalue weighted by atomic mass is 32.1. The summed E-state index contributed by atoms with van der Waals surface area (Å²) in [4.78, 5) is 6.11. The van der Waals surface area contributed by atoms with Crippen molar-refractivity contribution in [3.63, 3.8) is 0 Å². The number of hydrogen-bond donors (Lipinski definition) is 0. The van der Waals surface area contributed by atoms with Crippen molar-refractivity contribution in [1.29, 1.82) is 0 Å². The minimum atomic E-state index is 0.570. The van der Waals surface area contributed by atoms with Gasteiger partial charge in [0.15, 0.2) is 0 Å². The molecule has 0 unspecified atom stereocenters. The third-order valence-electron chi connectivity index (χ3n) is 5.18. The van der Waals surface area contributed by atoms with Crippen LogP contribution in [-0.4, -0.2) is 4.98 Å². The Morgan fingerprint density at radius 1 is 1.12 bits per heavy atom. The molecular formula is C14H19NS. The third kappa shape index (κ3) is 1.25. The third-order valence-corrected chi connectivity index (χ3v) is 6.34. The quantitative estimate of drug-likeness (QED) is 0.716. The van der Waals surface area contributed by atoms with Gasteiger partial charge in [-0.25, -0.2) is 4.98 Å². The summed E-state index contributed by atoms with van der Waals surface area (Å²) < 4.78 is 0. The van der Waals surface area contributed by atoms with Crippen molar-refractivity contribution in [3.05, 3.63) is 16.1 Å². The first-order valence-electron chi connectivity index (χ1n) is 6.66. The Morgan fingerprint density at radius 3 is 2.12 bits per heavy atom. The Bertz CT molecular complexity index is 385. The van der Waals surface area contributed by atoms with Crippen LogP contribution in [0.15, 0.2) is 6.20 Å². The zero-order valence-corrected chi connectivity index (χ0v) is 10.7. The lowest BCUT2D eigenvalue weighted by molar-refractivity contribution is -0.00355. The monoisotopic (exact) mass is 233 g/mol. The van der Waals surface area contributed by atoms with Gasteiger partial charge in [0.2, 0.25) is 0 Å². The minimum absolute atomic E-state index is 0.570. The van der Waals surface area contributed by atoms with Crippen molar-refractivity contribution in [2.75, 3.05) is 0 Å². The van der Waals surface area contributed by atoms with Crippen molar-refractivity contribution in [1.82, 2.24) is 4.98 Å². The molecule has 0 saturated heterocycles. The van der Waals surface area contributed by atoms with Gasteiger partial charge >= 0.3 is 0 Å². The highest BCUT2D eigenvalue weighted by Gasteiger charge is 2.52. The number of hydrogen-bond acceptors (Lipinski definition) is 2. The van der Waals surface area contributed by atoms with Gasteiger partial charge in [-0.3, -0.25) is 0 Å². The van der Waals surface area contributed by atoms with E-state index in [-0.39, 0.29) is 0 Å². The van der Waals surface area contributed by atoms with Gasteiger partial charge < -0.3 is 0 Å². The molecule has 16 heavy (non-hydrogen) atoms. The lowest BCUT2D eigenvalue weighted by Gasteiger charge is -2.56. The topological polar surface area (TPSA) is 12.9 Å². The van der Waals surface area contributed by atoms with Crippen molar-refractivity contribution in [3.8, 4) is 0 Å². The summed E-state index contributed by atoms with van der Waals surface area (Å²) in [6, 6.07) is 0. The van der Waals surface area contributed by atoms with Crippen molar-refractivity contribution in [2.45, 2.75) is 50.9 Å². The number of aromatic nitrogens is 1. The molecule has 0 N–H and O–H groups in total. The van der Waals surface area contributed by atoms with Gasteiger partial charge in [0.05, 0.1) is 5.01 Å². The highest BCUT2D eigenvalue weighted by Crippen LogP contribution is 2.61. The van der Waals surface area contributed by atoms with Crippen LogP contribution in [0.5, 0.6) is 0 Å². The van der Waals surface area contributed by atoms with Crippen LogP contribution in [0, 0.1) is 24.7 Å². The molecule has 1 aromatic heterocycles. The molecule has 86 valence electrons. The average molecular weight is 233 g/mol. The van der Waals surface area contributed by atoms with Gasteiger partial charge in [-0.05, 0) is 63.2 Å². The Morgan fingerprint density at radius 2 is 1.69 bits per heavy atom. The molecular weight excluding hydrogens is 214 g/mol. The van der Waals surface area contributed by atoms with Crippen LogP contribution >= 0.6 is 11.3 Å². The second-order valence-corrected chi connectivity index (χ2v) is 7.68. The van der Waals surface area contributed by atoms with E-state index in [9.17, 15) is 0 Å². The highest BCUT2D eigenvalue weighted by molar-refractivity contribution is 7.11. The fourth-order valence-corrected chi connectivity index (χ4v) is 6.01. The van der Waals surface area contributed by atoms with Crippen LogP contribution in [0.2, 0.25) is 0 Å². The van der Waals surface area contributed by atoms with E-state index in [4.69, 9.17) is 0 Å². The Kier molecular flexibility index (Phi) is 1.86. The van der Waals surface area contributed by atoms with Crippen LogP contribution in [-0.2, 0) is 5.41 Å². The second-order valence-electron chi connectivity index (χ2n) is 6.44. The van der Waals surface area contributed by atoms with E-state index in [1.54, 1.807) is 4.88 Å². The molecule has 4 saturated carbocycles. The summed E-state index contributed by atoms with van der Waals surface area (Å²) >= 11 is 1.97. The molecule has 4 bridgehead atoms. The van der Waals surface area contributed by atoms with E-state index in [2.05, 4.69) is 18.1 Å². The number of thiazole rings is 1. The van der Waals surface area contributed by atoms with E-state index in [1.165, 1.54) is 43.5 Å². The first-order valence-corrected chi connectivity index (χ1v) is 7.48. The summed E-state index contributed by atoms with van der Waals surface area (Å²) in [6.07, 6.45) is 11.2. The van der Waals surface area contributed by atoms with Gasteiger partial charge in [-0.2, -0.15) is 0 Å². The molecule has 2 heteroatoms. The van der Waals surface area contributed by atoms with E-state index in [0.29, 0.717) is 5.41 Å². The van der Waals surface area contributed by atoms with Crippen LogP contribution in [0.4, 0.5) is 0 Å². The maximum atomic E-state index is 4.49. The Hall–Kier alpha value is -0.370. The van der Waals surface area contributed by atoms with Crippen LogP contribution in [0.3, 0.4) is 0 Å². The van der Waals surface area contributed by atoms with Gasteiger partial charge in [0, 0.05) is 16.5 Å². The molecule has 4 fully saturated rings. The molecule has 5 rings (SSSR count). The lowest BCUT2D eigenvalue weighted by Crippen LogP contribution is -2.48. The van der Waals surface area contributed by atoms with Gasteiger partial charge in [0.25, 0.3) is 0 Å². The fraction of sp³-hybridized carbons (Fsp3) is 0.786. The smallest absolute Gasteiger partial charge is 0.0896 e. The van der Waals surface area contributed by atoms with Crippen LogP contribution < -0.4 is 0 Å². The molecule has 1 nitrogen and oxygen atoms in total. The summed E-state index contributed by atoms with van der Waals surface area (Å²) in [5, 5.41) is 1.26. The molecule has 0 spiro atoms. The van der Waals surface area contributed by atoms with Crippen molar-refractivity contribution in [2.24, 2.45) is 17.8 Å². The zero-order valence-electron chi connectivity index (χ0n) is 9.91. The molecule has 0 radical (unpaired) electrons. The van der Waals surface area contributed by atoms with Crippen molar-refractivity contribution < 1.29 is 0 Å². The predicted molar refractivity (Wildman–Crippen MR) is 66.7 cm³/mol. The summed E-state index contributed by atoms with van der Waals surface area (Å²) in [5.74, 6) is 3.15. The Labute approximate surface area is 101 Å². The normalized spacial score (nSPS) is 45.2. The van der Waals surface area contributed by atoms with Gasteiger partial charge in [-0.15, -0.1) is 11.3 Å². The maximum Gasteiger partial charge on any atom is 0.0896 e. The zero-order chi connectivity index (χ0) is 10.8. The molecule has 0 aliphatic heterocycles. The lowest BCUT2D eigenvalue weighted by atomic mass is 9.49. The van der Waals surface area contributed by atoms with E-state index in [0.717, 1.165) is 17.8 Å². The summed E-state index contributed by atoms with van der Waals surface area (Å²) in [7, 11) is 0. The Balaban J connectivity index is 1.76. The minimum Gasteiger partial charge on any atom is -0.250 e. The first kappa shape index (κ1) is 9.64. The predicted octanol–water partition coefficient (Wildman–Crippen LogP) is 3.92. The molecule has 1 aromatic rings. The van der Waals surface area contributed by atoms with E-state index in [1.807, 2.05) is 11.3 Å². The van der Waals surface area contributed by atoms with E-state index < -0.39 is 0 Å². The second kappa shape index (κ2) is 3.10. The maximum absolute atomic E-state index is 4.49. The molecule has 0 amide bonds. The SMILES string of the molecule is Cc1ncc(C23CC4CC(CC(C4)C2)C3)s1. The summed E-state index contributed by atoms with van der Waals surface area (Å²) in [5.41, 5.74) is 0.570. The molecule has 1 heterocycles. The molecule has 4 aliphatic rings. The average Bonchev–Trinajstić information content (AvgIpc) is 2.63. The van der Waals surface area contributed by atoms with Crippen LogP contribution in [0.1, 0.15) is 48.4 Å². The number of aryl methyl sites for hydroxylation is 1. The standard InChI is InChI=1S/C14H19NS/c1-9-15-8-13(16-9)14-5-10-2-11(6-14)4-12(3-10)7-14/h8,10-12H,2-7H2,1H3. The largest absolute Gasteiger partial charge is 0.250 e. The van der Waals surface area contributed by atoms with E-state index >= 15 is 0 Å². The molecule has 0 aromatic carbocycles. The summed E-state index contributed by atoms with van der Waals surface area (Å²) in [6.45, 7) is 2.15. The van der Waals surface area contributed by atoms with Gasteiger partial charge in [0.1, 0.15) is 0 Å².